The highest BCUT2D eigenvalue weighted by Gasteiger charge is 2.24. The summed E-state index contributed by atoms with van der Waals surface area (Å²) < 4.78 is 10.8. The standard InChI is InChI=1S/C18H17ClN2O4/c1-2-21-14-9-12(7-8-16(14)25-11-18(21)23)20-17(22)10-24-15-6-4-3-5-13(15)19/h3-9H,2,10-11H2,1H3,(H,20,22). The van der Waals surface area contributed by atoms with Gasteiger partial charge in [0.2, 0.25) is 0 Å². The minimum absolute atomic E-state index is 0.0260. The maximum absolute atomic E-state index is 12.1. The molecule has 0 spiro atoms. The topological polar surface area (TPSA) is 67.9 Å². The highest BCUT2D eigenvalue weighted by Crippen LogP contribution is 2.34. The number of ether oxygens (including phenoxy) is 2. The zero-order valence-corrected chi connectivity index (χ0v) is 14.4. The number of carbonyl (C=O) groups excluding carboxylic acids is 2. The summed E-state index contributed by atoms with van der Waals surface area (Å²) in [6, 6.07) is 12.1. The number of hydrogen-bond acceptors (Lipinski definition) is 4. The normalized spacial score (nSPS) is 13.0. The Bertz CT molecular complexity index is 809. The zero-order valence-electron chi connectivity index (χ0n) is 13.6. The molecular formula is C18H17ClN2O4. The van der Waals surface area contributed by atoms with E-state index in [1.165, 1.54) is 0 Å². The molecular weight excluding hydrogens is 344 g/mol. The van der Waals surface area contributed by atoms with Gasteiger partial charge in [-0.3, -0.25) is 9.59 Å². The van der Waals surface area contributed by atoms with Gasteiger partial charge in [0.05, 0.1) is 10.7 Å². The second-order valence-electron chi connectivity index (χ2n) is 5.38. The van der Waals surface area contributed by atoms with Crippen molar-refractivity contribution in [2.75, 3.05) is 30.0 Å². The van der Waals surface area contributed by atoms with Gasteiger partial charge in [0.1, 0.15) is 11.5 Å². The first-order valence-corrected chi connectivity index (χ1v) is 8.20. The number of para-hydroxylation sites is 1. The number of fused-ring (bicyclic) bond motifs is 1. The summed E-state index contributed by atoms with van der Waals surface area (Å²) in [6.07, 6.45) is 0. The average molecular weight is 361 g/mol. The third kappa shape index (κ3) is 3.85. The molecule has 0 radical (unpaired) electrons. The van der Waals surface area contributed by atoms with Crippen molar-refractivity contribution in [2.24, 2.45) is 0 Å². The van der Waals surface area contributed by atoms with Crippen molar-refractivity contribution in [3.8, 4) is 11.5 Å². The van der Waals surface area contributed by atoms with Crippen LogP contribution in [0.3, 0.4) is 0 Å². The Labute approximate surface area is 150 Å². The molecule has 0 aromatic heterocycles. The van der Waals surface area contributed by atoms with Gasteiger partial charge in [-0.15, -0.1) is 0 Å². The molecule has 2 aromatic rings. The summed E-state index contributed by atoms with van der Waals surface area (Å²) in [6.45, 7) is 2.27. The van der Waals surface area contributed by atoms with Crippen LogP contribution in [-0.2, 0) is 9.59 Å². The summed E-state index contributed by atoms with van der Waals surface area (Å²) in [4.78, 5) is 25.6. The molecule has 130 valence electrons. The van der Waals surface area contributed by atoms with Crippen molar-refractivity contribution in [2.45, 2.75) is 6.92 Å². The molecule has 1 aliphatic heterocycles. The van der Waals surface area contributed by atoms with Crippen molar-refractivity contribution in [1.82, 2.24) is 0 Å². The van der Waals surface area contributed by atoms with E-state index >= 15 is 0 Å². The van der Waals surface area contributed by atoms with Crippen LogP contribution >= 0.6 is 11.6 Å². The number of anilines is 2. The molecule has 1 aliphatic rings. The second-order valence-corrected chi connectivity index (χ2v) is 5.78. The summed E-state index contributed by atoms with van der Waals surface area (Å²) in [7, 11) is 0. The molecule has 0 fully saturated rings. The van der Waals surface area contributed by atoms with E-state index in [2.05, 4.69) is 5.32 Å². The van der Waals surface area contributed by atoms with Gasteiger partial charge in [-0.05, 0) is 37.3 Å². The second kappa shape index (κ2) is 7.44. The van der Waals surface area contributed by atoms with Crippen LogP contribution < -0.4 is 19.7 Å². The van der Waals surface area contributed by atoms with Crippen molar-refractivity contribution < 1.29 is 19.1 Å². The van der Waals surface area contributed by atoms with Crippen LogP contribution in [0.5, 0.6) is 11.5 Å². The Morgan fingerprint density at radius 2 is 2.12 bits per heavy atom. The molecule has 1 N–H and O–H groups in total. The number of halogens is 1. The molecule has 7 heteroatoms. The van der Waals surface area contributed by atoms with Crippen LogP contribution in [0.25, 0.3) is 0 Å². The van der Waals surface area contributed by atoms with Gasteiger partial charge in [-0.25, -0.2) is 0 Å². The average Bonchev–Trinajstić information content (AvgIpc) is 2.61. The van der Waals surface area contributed by atoms with Crippen molar-refractivity contribution in [3.63, 3.8) is 0 Å². The molecule has 6 nitrogen and oxygen atoms in total. The van der Waals surface area contributed by atoms with Crippen LogP contribution in [0.2, 0.25) is 5.02 Å². The number of nitrogens with zero attached hydrogens (tertiary/aromatic N) is 1. The van der Waals surface area contributed by atoms with E-state index in [0.717, 1.165) is 0 Å². The number of rotatable bonds is 5. The quantitative estimate of drug-likeness (QED) is 0.889. The molecule has 0 aliphatic carbocycles. The van der Waals surface area contributed by atoms with E-state index in [0.29, 0.717) is 34.4 Å². The lowest BCUT2D eigenvalue weighted by atomic mass is 10.2. The monoisotopic (exact) mass is 360 g/mol. The third-order valence-corrected chi connectivity index (χ3v) is 4.01. The number of nitrogens with one attached hydrogen (secondary N) is 1. The fraction of sp³-hybridized carbons (Fsp3) is 0.222. The smallest absolute Gasteiger partial charge is 0.265 e. The number of carbonyl (C=O) groups is 2. The SMILES string of the molecule is CCN1C(=O)COc2ccc(NC(=O)COc3ccccc3Cl)cc21. The first kappa shape index (κ1) is 17.1. The molecule has 25 heavy (non-hydrogen) atoms. The number of hydrogen-bond donors (Lipinski definition) is 1. The summed E-state index contributed by atoms with van der Waals surface area (Å²) >= 11 is 5.98. The van der Waals surface area contributed by atoms with Gasteiger partial charge in [-0.2, -0.15) is 0 Å². The zero-order chi connectivity index (χ0) is 17.8. The van der Waals surface area contributed by atoms with Crippen molar-refractivity contribution in [3.05, 3.63) is 47.5 Å². The molecule has 3 rings (SSSR count). The van der Waals surface area contributed by atoms with Gasteiger partial charge >= 0.3 is 0 Å². The van der Waals surface area contributed by atoms with Crippen molar-refractivity contribution in [1.29, 1.82) is 0 Å². The lowest BCUT2D eigenvalue weighted by Crippen LogP contribution is -2.38. The van der Waals surface area contributed by atoms with Crippen LogP contribution in [0.4, 0.5) is 11.4 Å². The van der Waals surface area contributed by atoms with E-state index in [9.17, 15) is 9.59 Å². The van der Waals surface area contributed by atoms with E-state index in [4.69, 9.17) is 21.1 Å². The van der Waals surface area contributed by atoms with E-state index in [-0.39, 0.29) is 25.0 Å². The van der Waals surface area contributed by atoms with Gasteiger partial charge in [0.15, 0.2) is 13.2 Å². The van der Waals surface area contributed by atoms with E-state index in [1.807, 2.05) is 6.92 Å². The molecule has 0 saturated heterocycles. The van der Waals surface area contributed by atoms with E-state index in [1.54, 1.807) is 47.4 Å². The first-order chi connectivity index (χ1) is 12.1. The largest absolute Gasteiger partial charge is 0.482 e. The summed E-state index contributed by atoms with van der Waals surface area (Å²) in [5.41, 5.74) is 1.20. The van der Waals surface area contributed by atoms with Crippen LogP contribution in [-0.4, -0.2) is 31.6 Å². The number of benzene rings is 2. The number of likely N-dealkylation sites (N-methyl/N-ethyl adjacent to an activating group) is 1. The maximum Gasteiger partial charge on any atom is 0.265 e. The van der Waals surface area contributed by atoms with Gasteiger partial charge in [0, 0.05) is 12.2 Å². The predicted molar refractivity (Wildman–Crippen MR) is 95.5 cm³/mol. The van der Waals surface area contributed by atoms with Gasteiger partial charge < -0.3 is 19.7 Å². The molecule has 2 aromatic carbocycles. The number of amides is 2. The molecule has 2 amide bonds. The molecule has 0 bridgehead atoms. The van der Waals surface area contributed by atoms with Crippen LogP contribution in [0.1, 0.15) is 6.92 Å². The fourth-order valence-electron chi connectivity index (χ4n) is 2.53. The van der Waals surface area contributed by atoms with Gasteiger partial charge in [-0.1, -0.05) is 23.7 Å². The Balaban J connectivity index is 1.67. The van der Waals surface area contributed by atoms with Crippen LogP contribution in [0, 0.1) is 0 Å². The molecule has 1 heterocycles. The molecule has 0 saturated carbocycles. The fourth-order valence-corrected chi connectivity index (χ4v) is 2.72. The Hall–Kier alpha value is -2.73. The summed E-state index contributed by atoms with van der Waals surface area (Å²) in [5, 5.41) is 3.18. The minimum Gasteiger partial charge on any atom is -0.482 e. The Morgan fingerprint density at radius 3 is 2.88 bits per heavy atom. The first-order valence-electron chi connectivity index (χ1n) is 7.83. The van der Waals surface area contributed by atoms with Crippen LogP contribution in [0.15, 0.2) is 42.5 Å². The Kier molecular flexibility index (Phi) is 5.09. The lowest BCUT2D eigenvalue weighted by molar-refractivity contribution is -0.121. The van der Waals surface area contributed by atoms with Gasteiger partial charge in [0.25, 0.3) is 11.8 Å². The van der Waals surface area contributed by atoms with Crippen molar-refractivity contribution >= 4 is 34.8 Å². The molecule has 0 unspecified atom stereocenters. The highest BCUT2D eigenvalue weighted by atomic mass is 35.5. The lowest BCUT2D eigenvalue weighted by Gasteiger charge is -2.28. The summed E-state index contributed by atoms with van der Waals surface area (Å²) in [5.74, 6) is 0.624. The highest BCUT2D eigenvalue weighted by molar-refractivity contribution is 6.32. The molecule has 0 atom stereocenters. The minimum atomic E-state index is -0.328. The van der Waals surface area contributed by atoms with E-state index < -0.39 is 0 Å². The maximum atomic E-state index is 12.1. The Morgan fingerprint density at radius 1 is 1.32 bits per heavy atom. The predicted octanol–water partition coefficient (Wildman–Crippen LogP) is 3.10. The third-order valence-electron chi connectivity index (χ3n) is 3.70.